The van der Waals surface area contributed by atoms with E-state index in [0.717, 1.165) is 31.7 Å². The molecule has 0 aliphatic heterocycles. The second kappa shape index (κ2) is 8.15. The summed E-state index contributed by atoms with van der Waals surface area (Å²) in [5.41, 5.74) is 1.28. The van der Waals surface area contributed by atoms with Crippen molar-refractivity contribution in [1.29, 1.82) is 0 Å². The minimum atomic E-state index is 0.331. The Labute approximate surface area is 132 Å². The molecular weight excluding hydrogens is 278 g/mol. The second-order valence-corrected chi connectivity index (χ2v) is 6.38. The first kappa shape index (κ1) is 16.0. The van der Waals surface area contributed by atoms with Crippen LogP contribution in [-0.4, -0.2) is 25.1 Å². The third-order valence-electron chi connectivity index (χ3n) is 3.62. The highest BCUT2D eigenvalue weighted by Crippen LogP contribution is 2.23. The molecule has 2 aromatic rings. The highest BCUT2D eigenvalue weighted by Gasteiger charge is 2.14. The molecule has 0 amide bonds. The number of hydrogen-bond donors (Lipinski definition) is 1. The molecule has 0 aliphatic rings. The van der Waals surface area contributed by atoms with Gasteiger partial charge in [0.15, 0.2) is 0 Å². The first-order valence-electron chi connectivity index (χ1n) is 7.64. The van der Waals surface area contributed by atoms with E-state index >= 15 is 0 Å². The Hall–Kier alpha value is -1.39. The van der Waals surface area contributed by atoms with Crippen LogP contribution in [0.3, 0.4) is 0 Å². The van der Waals surface area contributed by atoms with Crippen LogP contribution in [0.1, 0.15) is 36.8 Å². The van der Waals surface area contributed by atoms with Crippen LogP contribution in [0, 0.1) is 0 Å². The largest absolute Gasteiger partial charge is 0.359 e. The van der Waals surface area contributed by atoms with Gasteiger partial charge in [0.25, 0.3) is 0 Å². The van der Waals surface area contributed by atoms with E-state index in [-0.39, 0.29) is 0 Å². The van der Waals surface area contributed by atoms with Crippen molar-refractivity contribution >= 4 is 17.2 Å². The van der Waals surface area contributed by atoms with Gasteiger partial charge in [0.1, 0.15) is 5.82 Å². The smallest absolute Gasteiger partial charge is 0.133 e. The van der Waals surface area contributed by atoms with Gasteiger partial charge in [-0.15, -0.1) is 11.3 Å². The van der Waals surface area contributed by atoms with Crippen LogP contribution in [0.15, 0.2) is 35.8 Å². The molecule has 0 fully saturated rings. The average Bonchev–Trinajstić information content (AvgIpc) is 3.03. The van der Waals surface area contributed by atoms with Gasteiger partial charge in [-0.2, -0.15) is 0 Å². The van der Waals surface area contributed by atoms with Crippen LogP contribution in [0.25, 0.3) is 0 Å². The number of nitrogens with zero attached hydrogens (tertiary/aromatic N) is 2. The average molecular weight is 303 g/mol. The lowest BCUT2D eigenvalue weighted by molar-refractivity contribution is 0.568. The molecule has 0 bridgehead atoms. The second-order valence-electron chi connectivity index (χ2n) is 5.34. The monoisotopic (exact) mass is 303 g/mol. The van der Waals surface area contributed by atoms with E-state index < -0.39 is 0 Å². The maximum atomic E-state index is 4.60. The van der Waals surface area contributed by atoms with Crippen LogP contribution >= 0.6 is 11.3 Å². The summed E-state index contributed by atoms with van der Waals surface area (Å²) in [6.07, 6.45) is 4.10. The standard InChI is InChI=1S/C17H25N3S/c1-4-10-18-14(2)16-8-5-11-19-17(16)20(3)12-9-15-7-6-13-21-15/h5-8,11,13-14,18H,4,9-10,12H2,1-3H3. The normalized spacial score (nSPS) is 12.3. The molecule has 3 nitrogen and oxygen atoms in total. The maximum Gasteiger partial charge on any atom is 0.133 e. The molecule has 1 N–H and O–H groups in total. The van der Waals surface area contributed by atoms with Crippen molar-refractivity contribution < 1.29 is 0 Å². The van der Waals surface area contributed by atoms with Crippen molar-refractivity contribution in [3.05, 3.63) is 46.3 Å². The molecule has 0 saturated heterocycles. The van der Waals surface area contributed by atoms with Gasteiger partial charge in [-0.25, -0.2) is 4.98 Å². The lowest BCUT2D eigenvalue weighted by atomic mass is 10.1. The highest BCUT2D eigenvalue weighted by molar-refractivity contribution is 7.09. The van der Waals surface area contributed by atoms with Gasteiger partial charge in [-0.3, -0.25) is 0 Å². The van der Waals surface area contributed by atoms with Crippen molar-refractivity contribution in [2.45, 2.75) is 32.7 Å². The van der Waals surface area contributed by atoms with E-state index in [2.05, 4.69) is 59.7 Å². The van der Waals surface area contributed by atoms with Crippen molar-refractivity contribution in [2.24, 2.45) is 0 Å². The molecule has 21 heavy (non-hydrogen) atoms. The van der Waals surface area contributed by atoms with Crippen LogP contribution in [0.2, 0.25) is 0 Å². The van der Waals surface area contributed by atoms with Crippen molar-refractivity contribution in [1.82, 2.24) is 10.3 Å². The summed E-state index contributed by atoms with van der Waals surface area (Å²) in [5.74, 6) is 1.09. The minimum Gasteiger partial charge on any atom is -0.359 e. The Kier molecular flexibility index (Phi) is 6.21. The number of aromatic nitrogens is 1. The molecule has 2 aromatic heterocycles. The predicted molar refractivity (Wildman–Crippen MR) is 92.2 cm³/mol. The summed E-state index contributed by atoms with van der Waals surface area (Å²) >= 11 is 1.82. The summed E-state index contributed by atoms with van der Waals surface area (Å²) in [6.45, 7) is 6.43. The summed E-state index contributed by atoms with van der Waals surface area (Å²) in [4.78, 5) is 8.29. The first-order chi connectivity index (χ1) is 10.2. The fourth-order valence-corrected chi connectivity index (χ4v) is 3.07. The molecular formula is C17H25N3S. The van der Waals surface area contributed by atoms with E-state index in [1.165, 1.54) is 10.4 Å². The number of pyridine rings is 1. The van der Waals surface area contributed by atoms with E-state index in [4.69, 9.17) is 0 Å². The van der Waals surface area contributed by atoms with Gasteiger partial charge < -0.3 is 10.2 Å². The Morgan fingerprint density at radius 2 is 2.19 bits per heavy atom. The molecule has 2 heterocycles. The summed E-state index contributed by atoms with van der Waals surface area (Å²) in [6, 6.07) is 8.84. The lowest BCUT2D eigenvalue weighted by Gasteiger charge is -2.24. The molecule has 0 radical (unpaired) electrons. The molecule has 4 heteroatoms. The molecule has 2 rings (SSSR count). The number of rotatable bonds is 8. The Morgan fingerprint density at radius 3 is 2.90 bits per heavy atom. The van der Waals surface area contributed by atoms with E-state index in [1.807, 2.05) is 23.6 Å². The zero-order valence-corrected chi connectivity index (χ0v) is 14.0. The Bertz CT molecular complexity index is 525. The Balaban J connectivity index is 2.03. The summed E-state index contributed by atoms with van der Waals surface area (Å²) in [7, 11) is 2.13. The zero-order valence-electron chi connectivity index (χ0n) is 13.2. The van der Waals surface area contributed by atoms with Gasteiger partial charge in [0, 0.05) is 36.3 Å². The van der Waals surface area contributed by atoms with Crippen LogP contribution in [-0.2, 0) is 6.42 Å². The van der Waals surface area contributed by atoms with Crippen molar-refractivity contribution in [2.75, 3.05) is 25.0 Å². The van der Waals surface area contributed by atoms with E-state index in [9.17, 15) is 0 Å². The third-order valence-corrected chi connectivity index (χ3v) is 4.56. The molecule has 1 unspecified atom stereocenters. The van der Waals surface area contributed by atoms with Gasteiger partial charge in [-0.05, 0) is 43.8 Å². The molecule has 0 aromatic carbocycles. The van der Waals surface area contributed by atoms with Gasteiger partial charge in [-0.1, -0.05) is 19.1 Å². The molecule has 0 saturated carbocycles. The predicted octanol–water partition coefficient (Wildman–Crippen LogP) is 3.88. The topological polar surface area (TPSA) is 28.2 Å². The van der Waals surface area contributed by atoms with Crippen LogP contribution < -0.4 is 10.2 Å². The Morgan fingerprint density at radius 1 is 1.33 bits per heavy atom. The molecule has 1 atom stereocenters. The number of anilines is 1. The molecule has 0 aliphatic carbocycles. The quantitative estimate of drug-likeness (QED) is 0.802. The molecule has 114 valence electrons. The molecule has 0 spiro atoms. The third kappa shape index (κ3) is 4.55. The van der Waals surface area contributed by atoms with Gasteiger partial charge >= 0.3 is 0 Å². The van der Waals surface area contributed by atoms with Gasteiger partial charge in [0.05, 0.1) is 0 Å². The van der Waals surface area contributed by atoms with E-state index in [1.54, 1.807) is 0 Å². The number of likely N-dealkylation sites (N-methyl/N-ethyl adjacent to an activating group) is 1. The van der Waals surface area contributed by atoms with Crippen molar-refractivity contribution in [3.8, 4) is 0 Å². The summed E-state index contributed by atoms with van der Waals surface area (Å²) in [5, 5.41) is 5.69. The zero-order chi connectivity index (χ0) is 15.1. The fourth-order valence-electron chi connectivity index (χ4n) is 2.38. The van der Waals surface area contributed by atoms with Gasteiger partial charge in [0.2, 0.25) is 0 Å². The first-order valence-corrected chi connectivity index (χ1v) is 8.52. The van der Waals surface area contributed by atoms with E-state index in [0.29, 0.717) is 6.04 Å². The van der Waals surface area contributed by atoms with Crippen LogP contribution in [0.4, 0.5) is 5.82 Å². The maximum absolute atomic E-state index is 4.60. The minimum absolute atomic E-state index is 0.331. The summed E-state index contributed by atoms with van der Waals surface area (Å²) < 4.78 is 0. The van der Waals surface area contributed by atoms with Crippen LogP contribution in [0.5, 0.6) is 0 Å². The highest BCUT2D eigenvalue weighted by atomic mass is 32.1. The SMILES string of the molecule is CCCNC(C)c1cccnc1N(C)CCc1cccs1. The number of nitrogens with one attached hydrogen (secondary N) is 1. The van der Waals surface area contributed by atoms with Crippen molar-refractivity contribution in [3.63, 3.8) is 0 Å². The lowest BCUT2D eigenvalue weighted by Crippen LogP contribution is -2.26. The number of hydrogen-bond acceptors (Lipinski definition) is 4. The fraction of sp³-hybridized carbons (Fsp3) is 0.471. The number of thiophene rings is 1.